The summed E-state index contributed by atoms with van der Waals surface area (Å²) in [6.07, 6.45) is -1.16. The number of hydrogen-bond acceptors (Lipinski definition) is 3. The fourth-order valence-electron chi connectivity index (χ4n) is 3.74. The van der Waals surface area contributed by atoms with Gasteiger partial charge in [-0.1, -0.05) is 42.5 Å². The van der Waals surface area contributed by atoms with Gasteiger partial charge in [-0.25, -0.2) is 0 Å². The van der Waals surface area contributed by atoms with E-state index in [1.54, 1.807) is 49.4 Å². The Bertz CT molecular complexity index is 1030. The second kappa shape index (κ2) is 6.92. The van der Waals surface area contributed by atoms with Crippen LogP contribution in [0.25, 0.3) is 0 Å². The summed E-state index contributed by atoms with van der Waals surface area (Å²) in [6.45, 7) is 1.70. The van der Waals surface area contributed by atoms with Gasteiger partial charge in [-0.3, -0.25) is 14.5 Å². The Morgan fingerprint density at radius 3 is 2.14 bits per heavy atom. The van der Waals surface area contributed by atoms with E-state index in [0.717, 1.165) is 11.0 Å². The molecule has 0 aromatic heterocycles. The number of halogens is 3. The van der Waals surface area contributed by atoms with Crippen LogP contribution in [-0.4, -0.2) is 23.3 Å². The Morgan fingerprint density at radius 2 is 1.52 bits per heavy atom. The molecule has 1 unspecified atom stereocenters. The number of dihydropyridines is 1. The number of hydrogen-bond donors (Lipinski definition) is 1. The van der Waals surface area contributed by atoms with Gasteiger partial charge in [0.2, 0.25) is 0 Å². The van der Waals surface area contributed by atoms with E-state index in [2.05, 4.69) is 5.32 Å². The highest BCUT2D eigenvalue weighted by atomic mass is 19.4. The van der Waals surface area contributed by atoms with E-state index in [4.69, 9.17) is 0 Å². The summed E-state index contributed by atoms with van der Waals surface area (Å²) < 4.78 is 40.3. The number of imide groups is 1. The van der Waals surface area contributed by atoms with E-state index in [-0.39, 0.29) is 12.1 Å². The van der Waals surface area contributed by atoms with Crippen LogP contribution in [0.1, 0.15) is 44.7 Å². The Labute approximate surface area is 165 Å². The quantitative estimate of drug-likeness (QED) is 0.776. The van der Waals surface area contributed by atoms with Crippen LogP contribution in [0.3, 0.4) is 0 Å². The molecule has 1 atom stereocenters. The predicted molar refractivity (Wildman–Crippen MR) is 101 cm³/mol. The largest absolute Gasteiger partial charge is 0.416 e. The average molecular weight is 398 g/mol. The Balaban J connectivity index is 1.65. The van der Waals surface area contributed by atoms with Crippen molar-refractivity contribution < 1.29 is 22.8 Å². The zero-order valence-electron chi connectivity index (χ0n) is 15.5. The van der Waals surface area contributed by atoms with Crippen molar-refractivity contribution in [3.63, 3.8) is 0 Å². The molecule has 0 saturated carbocycles. The molecule has 0 spiro atoms. The normalized spacial score (nSPS) is 18.9. The molecule has 0 aliphatic carbocycles. The molecule has 29 heavy (non-hydrogen) atoms. The first-order valence-corrected chi connectivity index (χ1v) is 9.03. The average Bonchev–Trinajstić information content (AvgIpc) is 2.92. The predicted octanol–water partition coefficient (Wildman–Crippen LogP) is 4.48. The van der Waals surface area contributed by atoms with Crippen molar-refractivity contribution in [3.05, 3.63) is 94.3 Å². The van der Waals surface area contributed by atoms with Gasteiger partial charge < -0.3 is 5.32 Å². The van der Waals surface area contributed by atoms with Gasteiger partial charge in [0.05, 0.1) is 23.2 Å². The monoisotopic (exact) mass is 398 g/mol. The molecular formula is C22H17F3N2O2. The molecular weight excluding hydrogens is 381 g/mol. The van der Waals surface area contributed by atoms with Crippen LogP contribution in [0.5, 0.6) is 0 Å². The van der Waals surface area contributed by atoms with E-state index in [1.165, 1.54) is 12.1 Å². The zero-order valence-corrected chi connectivity index (χ0v) is 15.5. The summed E-state index contributed by atoms with van der Waals surface area (Å²) in [7, 11) is 0. The molecule has 2 heterocycles. The number of carbonyl (C=O) groups is 2. The molecule has 2 aromatic carbocycles. The first-order valence-electron chi connectivity index (χ1n) is 9.03. The number of carbonyl (C=O) groups excluding carboxylic acids is 2. The minimum Gasteiger partial charge on any atom is -0.362 e. The number of fused-ring (bicyclic) bond motifs is 1. The van der Waals surface area contributed by atoms with E-state index < -0.39 is 29.5 Å². The second-order valence-corrected chi connectivity index (χ2v) is 7.02. The van der Waals surface area contributed by atoms with Gasteiger partial charge in [0.15, 0.2) is 0 Å². The van der Waals surface area contributed by atoms with Crippen LogP contribution < -0.4 is 5.32 Å². The maximum absolute atomic E-state index is 13.4. The minimum absolute atomic E-state index is 0.0395. The highest BCUT2D eigenvalue weighted by molar-refractivity contribution is 6.21. The summed E-state index contributed by atoms with van der Waals surface area (Å²) in [5, 5.41) is 3.06. The number of rotatable bonds is 3. The first kappa shape index (κ1) is 19.0. The topological polar surface area (TPSA) is 49.4 Å². The smallest absolute Gasteiger partial charge is 0.362 e. The Hall–Kier alpha value is -3.35. The van der Waals surface area contributed by atoms with Gasteiger partial charge in [-0.2, -0.15) is 13.2 Å². The number of benzene rings is 2. The molecule has 2 aromatic rings. The van der Waals surface area contributed by atoms with Crippen molar-refractivity contribution in [2.45, 2.75) is 19.0 Å². The van der Waals surface area contributed by atoms with E-state index in [0.29, 0.717) is 22.5 Å². The Morgan fingerprint density at radius 1 is 0.931 bits per heavy atom. The van der Waals surface area contributed by atoms with Gasteiger partial charge in [-0.15, -0.1) is 0 Å². The lowest BCUT2D eigenvalue weighted by Gasteiger charge is -2.26. The van der Waals surface area contributed by atoms with Crippen molar-refractivity contribution in [2.24, 2.45) is 0 Å². The molecule has 0 radical (unpaired) electrons. The first-order chi connectivity index (χ1) is 13.8. The van der Waals surface area contributed by atoms with Crippen molar-refractivity contribution in [2.75, 3.05) is 6.54 Å². The molecule has 148 valence electrons. The fourth-order valence-corrected chi connectivity index (χ4v) is 3.74. The van der Waals surface area contributed by atoms with Crippen molar-refractivity contribution in [1.82, 2.24) is 10.2 Å². The summed E-state index contributed by atoms with van der Waals surface area (Å²) in [6, 6.07) is 12.0. The van der Waals surface area contributed by atoms with Crippen LogP contribution in [0.15, 0.2) is 72.1 Å². The summed E-state index contributed by atoms with van der Waals surface area (Å²) in [4.78, 5) is 26.3. The van der Waals surface area contributed by atoms with Gasteiger partial charge in [-0.05, 0) is 30.7 Å². The van der Waals surface area contributed by atoms with Gasteiger partial charge >= 0.3 is 6.18 Å². The number of allylic oxidation sites excluding steroid dienone is 3. The highest BCUT2D eigenvalue weighted by Crippen LogP contribution is 2.37. The molecule has 4 rings (SSSR count). The maximum Gasteiger partial charge on any atom is 0.416 e. The van der Waals surface area contributed by atoms with Crippen molar-refractivity contribution >= 4 is 11.8 Å². The second-order valence-electron chi connectivity index (χ2n) is 7.02. The van der Waals surface area contributed by atoms with Gasteiger partial charge in [0.25, 0.3) is 11.8 Å². The molecule has 7 heteroatoms. The third-order valence-corrected chi connectivity index (χ3v) is 5.00. The number of alkyl halides is 3. The molecule has 2 amide bonds. The third-order valence-electron chi connectivity index (χ3n) is 5.00. The summed E-state index contributed by atoms with van der Waals surface area (Å²) >= 11 is 0. The van der Waals surface area contributed by atoms with Crippen LogP contribution in [0, 0.1) is 0 Å². The van der Waals surface area contributed by atoms with E-state index in [9.17, 15) is 22.8 Å². The van der Waals surface area contributed by atoms with Crippen LogP contribution in [-0.2, 0) is 6.18 Å². The molecule has 0 saturated heterocycles. The summed E-state index contributed by atoms with van der Waals surface area (Å²) in [5.74, 6) is -1.44. The van der Waals surface area contributed by atoms with Gasteiger partial charge in [0, 0.05) is 17.3 Å². The number of nitrogens with zero attached hydrogens (tertiary/aromatic N) is 1. The van der Waals surface area contributed by atoms with E-state index >= 15 is 0 Å². The lowest BCUT2D eigenvalue weighted by molar-refractivity contribution is -0.138. The number of nitrogens with one attached hydrogen (secondary N) is 1. The molecule has 2 aliphatic rings. The van der Waals surface area contributed by atoms with E-state index in [1.807, 2.05) is 0 Å². The van der Waals surface area contributed by atoms with Crippen LogP contribution >= 0.6 is 0 Å². The van der Waals surface area contributed by atoms with Crippen molar-refractivity contribution in [3.8, 4) is 0 Å². The van der Waals surface area contributed by atoms with Crippen LogP contribution in [0.2, 0.25) is 0 Å². The molecule has 0 fully saturated rings. The molecule has 2 aliphatic heterocycles. The fraction of sp³-hybridized carbons (Fsp3) is 0.182. The molecule has 0 bridgehead atoms. The summed E-state index contributed by atoms with van der Waals surface area (Å²) in [5.41, 5.74) is 1.25. The lowest BCUT2D eigenvalue weighted by Crippen LogP contribution is -2.35. The minimum atomic E-state index is -4.47. The zero-order chi connectivity index (χ0) is 20.8. The van der Waals surface area contributed by atoms with Gasteiger partial charge in [0.1, 0.15) is 0 Å². The van der Waals surface area contributed by atoms with Crippen molar-refractivity contribution in [1.29, 1.82) is 0 Å². The Kier molecular flexibility index (Phi) is 4.53. The highest BCUT2D eigenvalue weighted by Gasteiger charge is 2.37. The standard InChI is InChI=1S/C22H17F3N2O2/c1-13-10-14(16-6-4-5-9-19(16)22(23,24)25)11-15(26-13)12-27-20(28)17-7-2-3-8-18(17)21(27)29/h2-11,14,26H,12H2,1H3. The van der Waals surface area contributed by atoms with Crippen LogP contribution in [0.4, 0.5) is 13.2 Å². The SMILES string of the molecule is CC1=CC(c2ccccc2C(F)(F)F)C=C(CN2C(=O)c3ccccc3C2=O)N1. The lowest BCUT2D eigenvalue weighted by atomic mass is 9.90. The maximum atomic E-state index is 13.4. The number of amides is 2. The molecule has 1 N–H and O–H groups in total. The molecule has 4 nitrogen and oxygen atoms in total. The third kappa shape index (κ3) is 3.44.